The molecule has 0 radical (unpaired) electrons. The highest BCUT2D eigenvalue weighted by molar-refractivity contribution is 5.70. The molecule has 0 aliphatic rings. The molecule has 0 saturated carbocycles. The maximum absolute atomic E-state index is 11.7. The van der Waals surface area contributed by atoms with Crippen LogP contribution in [0, 0.1) is 11.3 Å². The molecule has 0 aliphatic carbocycles. The van der Waals surface area contributed by atoms with E-state index in [9.17, 15) is 10.1 Å². The molecule has 0 N–H and O–H groups in total. The van der Waals surface area contributed by atoms with Gasteiger partial charge in [0.2, 0.25) is 6.10 Å². The Morgan fingerprint density at radius 2 is 1.87 bits per heavy atom. The van der Waals surface area contributed by atoms with E-state index in [2.05, 4.69) is 0 Å². The lowest BCUT2D eigenvalue weighted by Crippen LogP contribution is -2.09. The van der Waals surface area contributed by atoms with E-state index >= 15 is 0 Å². The Balaban J connectivity index is 2.08. The standard InChI is InChI=1S/C19H19NO3/c1-2-3-12-19(21)23-18(14-20)15-8-7-11-17(13-15)22-16-9-5-4-6-10-16/h4-11,13,18H,2-3,12H2,1H3. The minimum atomic E-state index is -0.918. The fourth-order valence-corrected chi connectivity index (χ4v) is 2.05. The van der Waals surface area contributed by atoms with Crippen LogP contribution in [-0.4, -0.2) is 5.97 Å². The molecular weight excluding hydrogens is 290 g/mol. The molecule has 4 nitrogen and oxygen atoms in total. The molecule has 0 heterocycles. The Morgan fingerprint density at radius 3 is 2.57 bits per heavy atom. The second-order valence-electron chi connectivity index (χ2n) is 5.09. The number of benzene rings is 2. The second-order valence-corrected chi connectivity index (χ2v) is 5.09. The maximum Gasteiger partial charge on any atom is 0.307 e. The Labute approximate surface area is 136 Å². The quantitative estimate of drug-likeness (QED) is 0.691. The molecule has 0 bridgehead atoms. The average molecular weight is 309 g/mol. The van der Waals surface area contributed by atoms with Gasteiger partial charge in [-0.2, -0.15) is 5.26 Å². The van der Waals surface area contributed by atoms with Gasteiger partial charge in [-0.1, -0.05) is 43.7 Å². The van der Waals surface area contributed by atoms with Crippen molar-refractivity contribution in [3.05, 3.63) is 60.2 Å². The van der Waals surface area contributed by atoms with Crippen molar-refractivity contribution in [3.8, 4) is 17.6 Å². The minimum absolute atomic E-state index is 0.328. The summed E-state index contributed by atoms with van der Waals surface area (Å²) >= 11 is 0. The van der Waals surface area contributed by atoms with Gasteiger partial charge in [-0.15, -0.1) is 0 Å². The van der Waals surface area contributed by atoms with Gasteiger partial charge in [0.05, 0.1) is 0 Å². The molecule has 2 aromatic carbocycles. The number of nitrogens with zero attached hydrogens (tertiary/aromatic N) is 1. The molecule has 23 heavy (non-hydrogen) atoms. The number of ether oxygens (including phenoxy) is 2. The topological polar surface area (TPSA) is 59.3 Å². The van der Waals surface area contributed by atoms with Gasteiger partial charge in [-0.05, 0) is 30.7 Å². The summed E-state index contributed by atoms with van der Waals surface area (Å²) < 4.78 is 11.0. The summed E-state index contributed by atoms with van der Waals surface area (Å²) in [6, 6.07) is 18.4. The summed E-state index contributed by atoms with van der Waals surface area (Å²) in [7, 11) is 0. The Morgan fingerprint density at radius 1 is 1.13 bits per heavy atom. The van der Waals surface area contributed by atoms with Gasteiger partial charge < -0.3 is 9.47 Å². The normalized spacial score (nSPS) is 11.3. The van der Waals surface area contributed by atoms with Crippen molar-refractivity contribution in [3.63, 3.8) is 0 Å². The number of carbonyl (C=O) groups excluding carboxylic acids is 1. The lowest BCUT2D eigenvalue weighted by Gasteiger charge is -2.13. The van der Waals surface area contributed by atoms with E-state index in [0.717, 1.165) is 12.8 Å². The van der Waals surface area contributed by atoms with Gasteiger partial charge >= 0.3 is 5.97 Å². The summed E-state index contributed by atoms with van der Waals surface area (Å²) in [6.45, 7) is 2.00. The first kappa shape index (κ1) is 16.6. The Kier molecular flexibility index (Phi) is 6.19. The van der Waals surface area contributed by atoms with Crippen LogP contribution in [0.4, 0.5) is 0 Å². The van der Waals surface area contributed by atoms with Crippen LogP contribution >= 0.6 is 0 Å². The molecule has 0 aromatic heterocycles. The molecule has 0 spiro atoms. The number of rotatable bonds is 7. The first-order valence-electron chi connectivity index (χ1n) is 7.65. The van der Waals surface area contributed by atoms with E-state index in [0.29, 0.717) is 23.5 Å². The van der Waals surface area contributed by atoms with Crippen LogP contribution in [0.1, 0.15) is 37.9 Å². The van der Waals surface area contributed by atoms with Crippen LogP contribution in [-0.2, 0) is 9.53 Å². The van der Waals surface area contributed by atoms with E-state index in [4.69, 9.17) is 9.47 Å². The monoisotopic (exact) mass is 309 g/mol. The first-order chi connectivity index (χ1) is 11.2. The fourth-order valence-electron chi connectivity index (χ4n) is 2.05. The summed E-state index contributed by atoms with van der Waals surface area (Å²) in [5.74, 6) is 0.949. The molecule has 2 aromatic rings. The molecule has 0 aliphatic heterocycles. The second kappa shape index (κ2) is 8.60. The van der Waals surface area contributed by atoms with Gasteiger partial charge in [0, 0.05) is 12.0 Å². The van der Waals surface area contributed by atoms with Gasteiger partial charge in [-0.3, -0.25) is 4.79 Å². The maximum atomic E-state index is 11.7. The highest BCUT2D eigenvalue weighted by Crippen LogP contribution is 2.26. The highest BCUT2D eigenvalue weighted by atomic mass is 16.5. The number of unbranched alkanes of at least 4 members (excludes halogenated alkanes) is 1. The molecule has 0 fully saturated rings. The van der Waals surface area contributed by atoms with Crippen LogP contribution in [0.25, 0.3) is 0 Å². The molecule has 1 atom stereocenters. The molecule has 0 amide bonds. The molecule has 1 unspecified atom stereocenters. The zero-order chi connectivity index (χ0) is 16.5. The van der Waals surface area contributed by atoms with Crippen LogP contribution in [0.2, 0.25) is 0 Å². The molecule has 118 valence electrons. The lowest BCUT2D eigenvalue weighted by atomic mass is 10.1. The van der Waals surface area contributed by atoms with Gasteiger partial charge in [0.25, 0.3) is 0 Å². The fraction of sp³-hybridized carbons (Fsp3) is 0.263. The predicted molar refractivity (Wildman–Crippen MR) is 86.9 cm³/mol. The average Bonchev–Trinajstić information content (AvgIpc) is 2.59. The van der Waals surface area contributed by atoms with E-state index in [1.807, 2.05) is 43.3 Å². The van der Waals surface area contributed by atoms with Crippen molar-refractivity contribution in [1.29, 1.82) is 5.26 Å². The largest absolute Gasteiger partial charge is 0.457 e. The van der Waals surface area contributed by atoms with Gasteiger partial charge in [0.1, 0.15) is 17.6 Å². The van der Waals surface area contributed by atoms with Gasteiger partial charge in [-0.25, -0.2) is 0 Å². The van der Waals surface area contributed by atoms with Crippen LogP contribution in [0.5, 0.6) is 11.5 Å². The molecule has 0 saturated heterocycles. The van der Waals surface area contributed by atoms with Crippen molar-refractivity contribution in [2.75, 3.05) is 0 Å². The molecule has 2 rings (SSSR count). The lowest BCUT2D eigenvalue weighted by molar-refractivity contribution is -0.147. The number of nitriles is 1. The zero-order valence-electron chi connectivity index (χ0n) is 13.1. The van der Waals surface area contributed by atoms with Crippen molar-refractivity contribution < 1.29 is 14.3 Å². The summed E-state index contributed by atoms with van der Waals surface area (Å²) in [6.07, 6.45) is 1.08. The number of esters is 1. The minimum Gasteiger partial charge on any atom is -0.457 e. The summed E-state index contributed by atoms with van der Waals surface area (Å²) in [5.41, 5.74) is 0.603. The van der Waals surface area contributed by atoms with Crippen molar-refractivity contribution in [2.24, 2.45) is 0 Å². The van der Waals surface area contributed by atoms with E-state index in [1.54, 1.807) is 24.3 Å². The van der Waals surface area contributed by atoms with Crippen LogP contribution in [0.3, 0.4) is 0 Å². The number of hydrogen-bond acceptors (Lipinski definition) is 4. The van der Waals surface area contributed by atoms with Crippen LogP contribution < -0.4 is 4.74 Å². The molecule has 4 heteroatoms. The first-order valence-corrected chi connectivity index (χ1v) is 7.65. The van der Waals surface area contributed by atoms with Crippen LogP contribution in [0.15, 0.2) is 54.6 Å². The van der Waals surface area contributed by atoms with Crippen molar-refractivity contribution >= 4 is 5.97 Å². The third-order valence-corrected chi connectivity index (χ3v) is 3.24. The van der Waals surface area contributed by atoms with E-state index < -0.39 is 6.10 Å². The predicted octanol–water partition coefficient (Wildman–Crippen LogP) is 4.78. The smallest absolute Gasteiger partial charge is 0.307 e. The summed E-state index contributed by atoms with van der Waals surface area (Å²) in [5, 5.41) is 9.27. The SMILES string of the molecule is CCCCC(=O)OC(C#N)c1cccc(Oc2ccccc2)c1. The zero-order valence-corrected chi connectivity index (χ0v) is 13.1. The molecular formula is C19H19NO3. The third kappa shape index (κ3) is 5.15. The van der Waals surface area contributed by atoms with Crippen molar-refractivity contribution in [1.82, 2.24) is 0 Å². The van der Waals surface area contributed by atoms with Gasteiger partial charge in [0.15, 0.2) is 0 Å². The number of carbonyl (C=O) groups is 1. The van der Waals surface area contributed by atoms with E-state index in [1.165, 1.54) is 0 Å². The number of para-hydroxylation sites is 1. The number of hydrogen-bond donors (Lipinski definition) is 0. The van der Waals surface area contributed by atoms with Crippen molar-refractivity contribution in [2.45, 2.75) is 32.3 Å². The summed E-state index contributed by atoms with van der Waals surface area (Å²) in [4.78, 5) is 11.7. The highest BCUT2D eigenvalue weighted by Gasteiger charge is 2.16. The Hall–Kier alpha value is -2.80. The third-order valence-electron chi connectivity index (χ3n) is 3.24. The Bertz CT molecular complexity index is 677. The van der Waals surface area contributed by atoms with E-state index in [-0.39, 0.29) is 5.97 Å².